The van der Waals surface area contributed by atoms with Crippen molar-refractivity contribution >= 4 is 22.8 Å². The lowest BCUT2D eigenvalue weighted by atomic mass is 10.3. The molecule has 4 heteroatoms. The molecule has 110 valence electrons. The standard InChI is InChI=1S/C16H25N3S/c1-4-10-19-15-9-7-6-8-14(15)18-16(19)11-17-13(3)12-20-5-2/h6-9,13,17H,4-5,10-12H2,1-3H3. The van der Waals surface area contributed by atoms with Crippen LogP contribution >= 0.6 is 11.8 Å². The number of fused-ring (bicyclic) bond motifs is 1. The van der Waals surface area contributed by atoms with E-state index < -0.39 is 0 Å². The second-order valence-corrected chi connectivity index (χ2v) is 6.43. The molecule has 0 amide bonds. The van der Waals surface area contributed by atoms with Gasteiger partial charge in [0.2, 0.25) is 0 Å². The van der Waals surface area contributed by atoms with Crippen LogP contribution in [0, 0.1) is 0 Å². The summed E-state index contributed by atoms with van der Waals surface area (Å²) in [7, 11) is 0. The number of hydrogen-bond acceptors (Lipinski definition) is 3. The summed E-state index contributed by atoms with van der Waals surface area (Å²) in [5, 5.41) is 3.59. The number of rotatable bonds is 8. The fourth-order valence-corrected chi connectivity index (χ4v) is 3.06. The second kappa shape index (κ2) is 7.70. The predicted octanol–water partition coefficient (Wildman–Crippen LogP) is 3.68. The molecule has 0 aliphatic rings. The number of hydrogen-bond donors (Lipinski definition) is 1. The smallest absolute Gasteiger partial charge is 0.123 e. The highest BCUT2D eigenvalue weighted by Crippen LogP contribution is 2.16. The molecular formula is C16H25N3S. The van der Waals surface area contributed by atoms with Crippen molar-refractivity contribution in [3.63, 3.8) is 0 Å². The van der Waals surface area contributed by atoms with Crippen LogP contribution in [0.25, 0.3) is 11.0 Å². The molecule has 0 saturated heterocycles. The lowest BCUT2D eigenvalue weighted by Gasteiger charge is -2.14. The Kier molecular flexibility index (Phi) is 5.92. The van der Waals surface area contributed by atoms with Crippen molar-refractivity contribution in [2.45, 2.75) is 46.3 Å². The van der Waals surface area contributed by atoms with Crippen molar-refractivity contribution in [1.82, 2.24) is 14.9 Å². The SMILES string of the molecule is CCCn1c(CNC(C)CSCC)nc2ccccc21. The van der Waals surface area contributed by atoms with E-state index in [1.807, 2.05) is 11.8 Å². The van der Waals surface area contributed by atoms with Gasteiger partial charge in [0.05, 0.1) is 17.6 Å². The van der Waals surface area contributed by atoms with E-state index in [9.17, 15) is 0 Å². The van der Waals surface area contributed by atoms with Gasteiger partial charge in [0.1, 0.15) is 5.82 Å². The zero-order valence-electron chi connectivity index (χ0n) is 12.7. The number of nitrogens with zero attached hydrogens (tertiary/aromatic N) is 2. The van der Waals surface area contributed by atoms with Gasteiger partial charge in [-0.1, -0.05) is 26.0 Å². The van der Waals surface area contributed by atoms with E-state index >= 15 is 0 Å². The van der Waals surface area contributed by atoms with E-state index in [4.69, 9.17) is 4.98 Å². The van der Waals surface area contributed by atoms with Crippen molar-refractivity contribution in [3.8, 4) is 0 Å². The summed E-state index contributed by atoms with van der Waals surface area (Å²) in [6, 6.07) is 8.94. The van der Waals surface area contributed by atoms with Gasteiger partial charge in [0, 0.05) is 18.3 Å². The number of aromatic nitrogens is 2. The molecule has 0 aliphatic carbocycles. The van der Waals surface area contributed by atoms with E-state index in [-0.39, 0.29) is 0 Å². The minimum Gasteiger partial charge on any atom is -0.327 e. The third-order valence-electron chi connectivity index (χ3n) is 3.36. The topological polar surface area (TPSA) is 29.9 Å². The van der Waals surface area contributed by atoms with Crippen molar-refractivity contribution in [2.75, 3.05) is 11.5 Å². The van der Waals surface area contributed by atoms with Crippen LogP contribution in [0.1, 0.15) is 33.0 Å². The van der Waals surface area contributed by atoms with Crippen LogP contribution in [0.3, 0.4) is 0 Å². The predicted molar refractivity (Wildman–Crippen MR) is 89.3 cm³/mol. The Morgan fingerprint density at radius 3 is 2.85 bits per heavy atom. The number of para-hydroxylation sites is 2. The van der Waals surface area contributed by atoms with Crippen LogP contribution in [0.4, 0.5) is 0 Å². The number of imidazole rings is 1. The Balaban J connectivity index is 2.10. The lowest BCUT2D eigenvalue weighted by molar-refractivity contribution is 0.551. The highest BCUT2D eigenvalue weighted by Gasteiger charge is 2.10. The summed E-state index contributed by atoms with van der Waals surface area (Å²) in [5.74, 6) is 3.49. The first-order valence-corrected chi connectivity index (χ1v) is 8.67. The molecule has 1 N–H and O–H groups in total. The molecule has 2 rings (SSSR count). The minimum atomic E-state index is 0.523. The largest absolute Gasteiger partial charge is 0.327 e. The normalized spacial score (nSPS) is 12.9. The molecule has 1 heterocycles. The minimum absolute atomic E-state index is 0.523. The summed E-state index contributed by atoms with van der Waals surface area (Å²) >= 11 is 1.98. The average molecular weight is 291 g/mol. The Morgan fingerprint density at radius 1 is 1.30 bits per heavy atom. The molecule has 1 atom stereocenters. The molecule has 0 bridgehead atoms. The van der Waals surface area contributed by atoms with Crippen LogP contribution in [0.15, 0.2) is 24.3 Å². The van der Waals surface area contributed by atoms with Crippen molar-refractivity contribution in [3.05, 3.63) is 30.1 Å². The molecule has 20 heavy (non-hydrogen) atoms. The van der Waals surface area contributed by atoms with E-state index in [0.717, 1.165) is 36.6 Å². The fraction of sp³-hybridized carbons (Fsp3) is 0.562. The van der Waals surface area contributed by atoms with Gasteiger partial charge in [0.25, 0.3) is 0 Å². The van der Waals surface area contributed by atoms with E-state index in [0.29, 0.717) is 6.04 Å². The van der Waals surface area contributed by atoms with E-state index in [2.05, 4.69) is 54.9 Å². The maximum absolute atomic E-state index is 4.78. The second-order valence-electron chi connectivity index (χ2n) is 5.11. The number of nitrogens with one attached hydrogen (secondary N) is 1. The molecule has 1 aromatic carbocycles. The zero-order valence-corrected chi connectivity index (χ0v) is 13.5. The first-order valence-electron chi connectivity index (χ1n) is 7.51. The molecule has 3 nitrogen and oxygen atoms in total. The van der Waals surface area contributed by atoms with Gasteiger partial charge in [0.15, 0.2) is 0 Å². The quantitative estimate of drug-likeness (QED) is 0.804. The van der Waals surface area contributed by atoms with E-state index in [1.165, 1.54) is 11.3 Å². The fourth-order valence-electron chi connectivity index (χ4n) is 2.35. The molecule has 0 radical (unpaired) electrons. The summed E-state index contributed by atoms with van der Waals surface area (Å²) < 4.78 is 2.35. The highest BCUT2D eigenvalue weighted by molar-refractivity contribution is 7.99. The maximum Gasteiger partial charge on any atom is 0.123 e. The van der Waals surface area contributed by atoms with Gasteiger partial charge in [-0.2, -0.15) is 11.8 Å². The van der Waals surface area contributed by atoms with Gasteiger partial charge >= 0.3 is 0 Å². The summed E-state index contributed by atoms with van der Waals surface area (Å²) in [6.07, 6.45) is 1.13. The molecule has 2 aromatic rings. The van der Waals surface area contributed by atoms with E-state index in [1.54, 1.807) is 0 Å². The Morgan fingerprint density at radius 2 is 2.10 bits per heavy atom. The lowest BCUT2D eigenvalue weighted by Crippen LogP contribution is -2.29. The summed E-state index contributed by atoms with van der Waals surface area (Å²) in [6.45, 7) is 8.55. The van der Waals surface area contributed by atoms with Gasteiger partial charge < -0.3 is 9.88 Å². The molecule has 0 fully saturated rings. The maximum atomic E-state index is 4.78. The van der Waals surface area contributed by atoms with Crippen LogP contribution in [0.2, 0.25) is 0 Å². The first-order chi connectivity index (χ1) is 9.76. The summed E-state index contributed by atoms with van der Waals surface area (Å²) in [5.41, 5.74) is 2.36. The molecular weight excluding hydrogens is 266 g/mol. The third-order valence-corrected chi connectivity index (χ3v) is 4.51. The first kappa shape index (κ1) is 15.4. The number of aryl methyl sites for hydroxylation is 1. The molecule has 0 spiro atoms. The Bertz CT molecular complexity index is 536. The van der Waals surface area contributed by atoms with Crippen molar-refractivity contribution < 1.29 is 0 Å². The molecule has 0 saturated carbocycles. The number of thioether (sulfide) groups is 1. The molecule has 1 aromatic heterocycles. The Hall–Kier alpha value is -1.00. The highest BCUT2D eigenvalue weighted by atomic mass is 32.2. The molecule has 1 unspecified atom stereocenters. The van der Waals surface area contributed by atoms with Gasteiger partial charge in [-0.05, 0) is 31.2 Å². The Labute approximate surface area is 126 Å². The zero-order chi connectivity index (χ0) is 14.4. The van der Waals surface area contributed by atoms with Gasteiger partial charge in [-0.15, -0.1) is 0 Å². The van der Waals surface area contributed by atoms with Crippen LogP contribution in [-0.2, 0) is 13.1 Å². The molecule has 0 aliphatic heterocycles. The van der Waals surface area contributed by atoms with Crippen molar-refractivity contribution in [1.29, 1.82) is 0 Å². The van der Waals surface area contributed by atoms with Crippen LogP contribution in [0.5, 0.6) is 0 Å². The van der Waals surface area contributed by atoms with Crippen LogP contribution in [-0.4, -0.2) is 27.1 Å². The summed E-state index contributed by atoms with van der Waals surface area (Å²) in [4.78, 5) is 4.78. The third kappa shape index (κ3) is 3.76. The monoisotopic (exact) mass is 291 g/mol. The van der Waals surface area contributed by atoms with Crippen LogP contribution < -0.4 is 5.32 Å². The van der Waals surface area contributed by atoms with Gasteiger partial charge in [-0.3, -0.25) is 0 Å². The number of benzene rings is 1. The van der Waals surface area contributed by atoms with Crippen molar-refractivity contribution in [2.24, 2.45) is 0 Å². The average Bonchev–Trinajstić information content (AvgIpc) is 2.81. The van der Waals surface area contributed by atoms with Gasteiger partial charge in [-0.25, -0.2) is 4.98 Å².